The molecular formula is C17H24ClN3O5S2. The lowest BCUT2D eigenvalue weighted by atomic mass is 9.75. The van der Waals surface area contributed by atoms with Gasteiger partial charge in [-0.2, -0.15) is 4.72 Å². The first kappa shape index (κ1) is 23.1. The molecule has 1 atom stereocenters. The van der Waals surface area contributed by atoms with Gasteiger partial charge in [0.25, 0.3) is 0 Å². The molecular weight excluding hydrogens is 426 g/mol. The largest absolute Gasteiger partial charge is 0.480 e. The Morgan fingerprint density at radius 1 is 1.43 bits per heavy atom. The highest BCUT2D eigenvalue weighted by Crippen LogP contribution is 2.47. The molecule has 11 heteroatoms. The third-order valence-corrected chi connectivity index (χ3v) is 8.04. The number of hydrogen-bond acceptors (Lipinski definition) is 7. The van der Waals surface area contributed by atoms with Crippen LogP contribution < -0.4 is 4.72 Å². The Morgan fingerprint density at radius 2 is 2.07 bits per heavy atom. The molecule has 0 bridgehead atoms. The van der Waals surface area contributed by atoms with Gasteiger partial charge in [0.15, 0.2) is 0 Å². The summed E-state index contributed by atoms with van der Waals surface area (Å²) < 4.78 is 30.0. The Balaban J connectivity index is 2.43. The van der Waals surface area contributed by atoms with Gasteiger partial charge in [0, 0.05) is 21.6 Å². The summed E-state index contributed by atoms with van der Waals surface area (Å²) in [5, 5.41) is 10.5. The number of halogens is 1. The first-order valence-electron chi connectivity index (χ1n) is 8.78. The van der Waals surface area contributed by atoms with E-state index in [1.54, 1.807) is 25.1 Å². The molecule has 1 heterocycles. The predicted molar refractivity (Wildman–Crippen MR) is 111 cm³/mol. The average molecular weight is 450 g/mol. The summed E-state index contributed by atoms with van der Waals surface area (Å²) in [6, 6.07) is 6.37. The lowest BCUT2D eigenvalue weighted by Gasteiger charge is -2.48. The molecule has 0 radical (unpaired) electrons. The summed E-state index contributed by atoms with van der Waals surface area (Å²) in [6.07, 6.45) is 0.614. The van der Waals surface area contributed by atoms with Gasteiger partial charge in [0.1, 0.15) is 5.54 Å². The van der Waals surface area contributed by atoms with E-state index < -0.39 is 32.0 Å². The number of nitrogens with one attached hydrogen (secondary N) is 1. The van der Waals surface area contributed by atoms with Crippen molar-refractivity contribution < 1.29 is 18.3 Å². The van der Waals surface area contributed by atoms with Gasteiger partial charge in [-0.3, -0.25) is 4.79 Å². The van der Waals surface area contributed by atoms with E-state index in [9.17, 15) is 23.2 Å². The van der Waals surface area contributed by atoms with Crippen LogP contribution in [-0.4, -0.2) is 54.8 Å². The first-order chi connectivity index (χ1) is 13.1. The third kappa shape index (κ3) is 4.85. The number of likely N-dealkylation sites (tertiary alicyclic amines) is 1. The van der Waals surface area contributed by atoms with Crippen molar-refractivity contribution in [1.82, 2.24) is 9.62 Å². The minimum Gasteiger partial charge on any atom is -0.480 e. The van der Waals surface area contributed by atoms with Crippen LogP contribution in [0.1, 0.15) is 31.7 Å². The maximum atomic E-state index is 12.9. The minimum absolute atomic E-state index is 0.0245. The van der Waals surface area contributed by atoms with Gasteiger partial charge in [-0.15, -0.1) is 4.91 Å². The normalized spacial score (nSPS) is 19.7. The predicted octanol–water partition coefficient (Wildman–Crippen LogP) is 2.87. The highest BCUT2D eigenvalue weighted by atomic mass is 35.5. The van der Waals surface area contributed by atoms with Crippen molar-refractivity contribution in [2.45, 2.75) is 42.2 Å². The summed E-state index contributed by atoms with van der Waals surface area (Å²) in [6.45, 7) is 2.67. The maximum absolute atomic E-state index is 12.9. The molecule has 0 saturated carbocycles. The molecule has 28 heavy (non-hydrogen) atoms. The van der Waals surface area contributed by atoms with Crippen molar-refractivity contribution >= 4 is 39.5 Å². The van der Waals surface area contributed by atoms with Crippen molar-refractivity contribution in [2.75, 3.05) is 20.1 Å². The van der Waals surface area contributed by atoms with Crippen LogP contribution in [-0.2, 0) is 20.6 Å². The quantitative estimate of drug-likeness (QED) is 0.439. The van der Waals surface area contributed by atoms with Gasteiger partial charge in [0.2, 0.25) is 10.0 Å². The molecule has 1 unspecified atom stereocenters. The number of sulfonamides is 1. The second-order valence-corrected chi connectivity index (χ2v) is 10.3. The molecule has 2 N–H and O–H groups in total. The highest BCUT2D eigenvalue weighted by molar-refractivity contribution is 7.99. The molecule has 1 aromatic carbocycles. The number of carboxylic acid groups (broad SMARTS) is 1. The monoisotopic (exact) mass is 449 g/mol. The minimum atomic E-state index is -4.05. The van der Waals surface area contributed by atoms with Crippen molar-refractivity contribution in [2.24, 2.45) is 4.58 Å². The number of aliphatic carboxylic acids is 1. The second-order valence-electron chi connectivity index (χ2n) is 7.02. The number of nitroso groups, excluding NO2 is 1. The molecule has 1 fully saturated rings. The maximum Gasteiger partial charge on any atom is 0.326 e. The van der Waals surface area contributed by atoms with E-state index in [2.05, 4.69) is 9.30 Å². The highest BCUT2D eigenvalue weighted by Gasteiger charge is 2.59. The number of hydrogen-bond donors (Lipinski definition) is 2. The van der Waals surface area contributed by atoms with Gasteiger partial charge >= 0.3 is 5.97 Å². The van der Waals surface area contributed by atoms with E-state index in [1.165, 1.54) is 6.07 Å². The van der Waals surface area contributed by atoms with Gasteiger partial charge in [-0.25, -0.2) is 8.42 Å². The number of rotatable bonds is 9. The van der Waals surface area contributed by atoms with Gasteiger partial charge < -0.3 is 10.0 Å². The number of carboxylic acids is 1. The molecule has 1 aromatic rings. The Bertz CT molecular complexity index is 828. The fourth-order valence-corrected chi connectivity index (χ4v) is 6.54. The Labute approximate surface area is 174 Å². The molecule has 0 aliphatic carbocycles. The molecule has 0 spiro atoms. The Morgan fingerprint density at radius 3 is 2.57 bits per heavy atom. The van der Waals surface area contributed by atoms with Crippen LogP contribution in [0.15, 0.2) is 28.8 Å². The van der Waals surface area contributed by atoms with Crippen molar-refractivity contribution in [3.63, 3.8) is 0 Å². The molecule has 1 aliphatic heterocycles. The first-order valence-corrected chi connectivity index (χ1v) is 11.6. The van der Waals surface area contributed by atoms with Gasteiger partial charge in [0.05, 0.1) is 10.5 Å². The molecule has 1 saturated heterocycles. The van der Waals surface area contributed by atoms with E-state index in [1.807, 2.05) is 11.9 Å². The topological polar surface area (TPSA) is 116 Å². The van der Waals surface area contributed by atoms with Gasteiger partial charge in [-0.1, -0.05) is 30.7 Å². The lowest BCUT2D eigenvalue weighted by Crippen LogP contribution is -2.69. The Kier molecular flexibility index (Phi) is 7.49. The van der Waals surface area contributed by atoms with Crippen molar-refractivity contribution in [3.05, 3.63) is 39.8 Å². The summed E-state index contributed by atoms with van der Waals surface area (Å²) in [4.78, 5) is 25.5. The fraction of sp³-hybridized carbons (Fsp3) is 0.588. The number of carbonyl (C=O) groups is 1. The SMILES string of the molecule is CCC(NS(=O)(=O)Cc1cccc(Cl)c1)(C(=O)O)C1(SN=O)CCN(C)CC1. The summed E-state index contributed by atoms with van der Waals surface area (Å²) in [7, 11) is -2.16. The second kappa shape index (κ2) is 9.08. The third-order valence-electron chi connectivity index (χ3n) is 5.26. The van der Waals surface area contributed by atoms with Crippen LogP contribution in [0.2, 0.25) is 5.02 Å². The zero-order valence-electron chi connectivity index (χ0n) is 15.7. The van der Waals surface area contributed by atoms with Crippen LogP contribution >= 0.6 is 23.5 Å². The van der Waals surface area contributed by atoms with E-state index in [0.717, 1.165) is 0 Å². The standard InChI is InChI=1S/C17H24ClN3O5S2/c1-3-17(15(22)23,16(27-20-24)7-9-21(2)10-8-16)19-28(25,26)12-13-5-4-6-14(18)11-13/h4-6,11,19H,3,7-10,12H2,1-2H3,(H,22,23). The zero-order valence-corrected chi connectivity index (χ0v) is 18.1. The Hall–Kier alpha value is -1.20. The van der Waals surface area contributed by atoms with Gasteiger partial charge in [-0.05, 0) is 57.1 Å². The molecule has 156 valence electrons. The van der Waals surface area contributed by atoms with E-state index >= 15 is 0 Å². The van der Waals surface area contributed by atoms with E-state index in [0.29, 0.717) is 48.5 Å². The molecule has 0 amide bonds. The number of piperidine rings is 1. The summed E-state index contributed by atoms with van der Waals surface area (Å²) >= 11 is 6.54. The van der Waals surface area contributed by atoms with Crippen LogP contribution in [0.25, 0.3) is 0 Å². The van der Waals surface area contributed by atoms with Crippen molar-refractivity contribution in [1.29, 1.82) is 0 Å². The number of nitrogens with zero attached hydrogens (tertiary/aromatic N) is 2. The fourth-order valence-electron chi connectivity index (χ4n) is 3.67. The molecule has 8 nitrogen and oxygen atoms in total. The zero-order chi connectivity index (χ0) is 21.0. The molecule has 1 aliphatic rings. The average Bonchev–Trinajstić information content (AvgIpc) is 2.61. The van der Waals surface area contributed by atoms with E-state index in [4.69, 9.17) is 11.6 Å². The van der Waals surface area contributed by atoms with Crippen LogP contribution in [0.5, 0.6) is 0 Å². The lowest BCUT2D eigenvalue weighted by molar-refractivity contribution is -0.146. The van der Waals surface area contributed by atoms with Crippen LogP contribution in [0.3, 0.4) is 0 Å². The summed E-state index contributed by atoms with van der Waals surface area (Å²) in [5.41, 5.74) is -1.42. The van der Waals surface area contributed by atoms with E-state index in [-0.39, 0.29) is 6.42 Å². The van der Waals surface area contributed by atoms with Crippen LogP contribution in [0, 0.1) is 4.91 Å². The number of benzene rings is 1. The smallest absolute Gasteiger partial charge is 0.326 e. The van der Waals surface area contributed by atoms with Crippen LogP contribution in [0.4, 0.5) is 0 Å². The molecule has 0 aromatic heterocycles. The molecule has 2 rings (SSSR count). The van der Waals surface area contributed by atoms with Crippen molar-refractivity contribution in [3.8, 4) is 0 Å². The summed E-state index contributed by atoms with van der Waals surface area (Å²) in [5.74, 6) is -1.73.